The summed E-state index contributed by atoms with van der Waals surface area (Å²) in [7, 11) is 1.57. The number of benzene rings is 2. The van der Waals surface area contributed by atoms with Gasteiger partial charge in [-0.2, -0.15) is 5.26 Å². The van der Waals surface area contributed by atoms with Gasteiger partial charge in [0.2, 0.25) is 0 Å². The first kappa shape index (κ1) is 14.9. The van der Waals surface area contributed by atoms with Crippen molar-refractivity contribution in [3.63, 3.8) is 0 Å². The molecule has 0 spiro atoms. The topological polar surface area (TPSA) is 54.6 Å². The van der Waals surface area contributed by atoms with Crippen LogP contribution in [0.25, 0.3) is 0 Å². The van der Waals surface area contributed by atoms with Gasteiger partial charge in [-0.25, -0.2) is 0 Å². The molecule has 0 aliphatic carbocycles. The predicted molar refractivity (Wildman–Crippen MR) is 81.5 cm³/mol. The van der Waals surface area contributed by atoms with Crippen LogP contribution in [0.4, 0.5) is 0 Å². The van der Waals surface area contributed by atoms with Crippen molar-refractivity contribution < 1.29 is 9.57 Å². The van der Waals surface area contributed by atoms with E-state index in [1.165, 1.54) is 6.21 Å². The summed E-state index contributed by atoms with van der Waals surface area (Å²) in [6.07, 6.45) is 1.53. The molecule has 21 heavy (non-hydrogen) atoms. The average Bonchev–Trinajstić information content (AvgIpc) is 2.52. The first-order valence-electron chi connectivity index (χ1n) is 6.21. The Bertz CT molecular complexity index is 693. The van der Waals surface area contributed by atoms with Crippen molar-refractivity contribution in [1.29, 1.82) is 5.26 Å². The highest BCUT2D eigenvalue weighted by molar-refractivity contribution is 6.30. The molecule has 2 rings (SSSR count). The second-order valence-electron chi connectivity index (χ2n) is 4.16. The van der Waals surface area contributed by atoms with Gasteiger partial charge in [0.15, 0.2) is 0 Å². The number of hydrogen-bond acceptors (Lipinski definition) is 4. The highest BCUT2D eigenvalue weighted by Gasteiger charge is 2.02. The van der Waals surface area contributed by atoms with Gasteiger partial charge < -0.3 is 9.57 Å². The van der Waals surface area contributed by atoms with Crippen LogP contribution in [0.1, 0.15) is 16.7 Å². The van der Waals surface area contributed by atoms with E-state index in [1.807, 2.05) is 18.2 Å². The van der Waals surface area contributed by atoms with Crippen LogP contribution in [0.5, 0.6) is 5.75 Å². The fourth-order valence-electron chi connectivity index (χ4n) is 1.76. The van der Waals surface area contributed by atoms with Crippen molar-refractivity contribution in [1.82, 2.24) is 0 Å². The summed E-state index contributed by atoms with van der Waals surface area (Å²) in [6, 6.07) is 14.6. The summed E-state index contributed by atoms with van der Waals surface area (Å²) in [6.45, 7) is 0.225. The zero-order valence-corrected chi connectivity index (χ0v) is 12.2. The van der Waals surface area contributed by atoms with E-state index in [0.717, 1.165) is 11.1 Å². The molecular weight excluding hydrogens is 288 g/mol. The fourth-order valence-corrected chi connectivity index (χ4v) is 1.94. The smallest absolute Gasteiger partial charge is 0.143 e. The molecule has 0 N–H and O–H groups in total. The molecule has 0 aliphatic rings. The maximum atomic E-state index is 8.98. The van der Waals surface area contributed by atoms with E-state index in [1.54, 1.807) is 31.4 Å². The summed E-state index contributed by atoms with van der Waals surface area (Å²) in [5, 5.41) is 13.5. The molecule has 0 atom stereocenters. The second kappa shape index (κ2) is 7.32. The Morgan fingerprint density at radius 1 is 1.29 bits per heavy atom. The number of nitrogens with zero attached hydrogens (tertiary/aromatic N) is 2. The van der Waals surface area contributed by atoms with E-state index in [2.05, 4.69) is 11.2 Å². The Morgan fingerprint density at radius 3 is 2.86 bits per heavy atom. The Morgan fingerprint density at radius 2 is 2.10 bits per heavy atom. The zero-order valence-electron chi connectivity index (χ0n) is 11.4. The van der Waals surface area contributed by atoms with Gasteiger partial charge in [-0.05, 0) is 24.3 Å². The van der Waals surface area contributed by atoms with Crippen LogP contribution in [-0.2, 0) is 11.4 Å². The van der Waals surface area contributed by atoms with Crippen LogP contribution in [0.3, 0.4) is 0 Å². The minimum atomic E-state index is 0.225. The number of rotatable bonds is 5. The molecule has 5 heteroatoms. The molecular formula is C16H13ClN2O2. The Balaban J connectivity index is 2.03. The first-order valence-corrected chi connectivity index (χ1v) is 6.59. The molecule has 0 heterocycles. The van der Waals surface area contributed by atoms with Gasteiger partial charge in [0.05, 0.1) is 25.0 Å². The molecule has 2 aromatic carbocycles. The number of halogens is 1. The van der Waals surface area contributed by atoms with E-state index in [4.69, 9.17) is 26.4 Å². The summed E-state index contributed by atoms with van der Waals surface area (Å²) in [4.78, 5) is 5.23. The van der Waals surface area contributed by atoms with Crippen molar-refractivity contribution in [2.45, 2.75) is 6.61 Å². The zero-order chi connectivity index (χ0) is 15.1. The lowest BCUT2D eigenvalue weighted by Crippen LogP contribution is -1.94. The monoisotopic (exact) mass is 300 g/mol. The van der Waals surface area contributed by atoms with Gasteiger partial charge in [-0.1, -0.05) is 35.0 Å². The molecule has 0 unspecified atom stereocenters. The van der Waals surface area contributed by atoms with Gasteiger partial charge in [0.25, 0.3) is 0 Å². The quantitative estimate of drug-likeness (QED) is 0.624. The largest absolute Gasteiger partial charge is 0.496 e. The lowest BCUT2D eigenvalue weighted by molar-refractivity contribution is 0.132. The van der Waals surface area contributed by atoms with Crippen molar-refractivity contribution in [3.8, 4) is 11.8 Å². The molecule has 0 aliphatic heterocycles. The minimum absolute atomic E-state index is 0.225. The molecule has 2 aromatic rings. The third kappa shape index (κ3) is 3.98. The molecule has 0 amide bonds. The highest BCUT2D eigenvalue weighted by Crippen LogP contribution is 2.21. The van der Waals surface area contributed by atoms with Crippen molar-refractivity contribution in [2.75, 3.05) is 7.11 Å². The molecule has 0 aromatic heterocycles. The van der Waals surface area contributed by atoms with Crippen LogP contribution >= 0.6 is 11.6 Å². The molecule has 4 nitrogen and oxygen atoms in total. The standard InChI is InChI=1S/C16H13ClN2O2/c1-20-16-7-6-15(17)8-14(16)10-19-21-11-13-5-3-2-4-12(13)9-18/h2-8,10H,11H2,1H3/b19-10-. The molecule has 0 radical (unpaired) electrons. The van der Waals surface area contributed by atoms with Crippen LogP contribution in [0.2, 0.25) is 5.02 Å². The van der Waals surface area contributed by atoms with Gasteiger partial charge in [0, 0.05) is 16.1 Å². The lowest BCUT2D eigenvalue weighted by Gasteiger charge is -2.05. The predicted octanol–water partition coefficient (Wildman–Crippen LogP) is 3.77. The van der Waals surface area contributed by atoms with E-state index in [9.17, 15) is 0 Å². The number of methoxy groups -OCH3 is 1. The molecule has 106 valence electrons. The Kier molecular flexibility index (Phi) is 5.19. The number of nitriles is 1. The summed E-state index contributed by atoms with van der Waals surface area (Å²) < 4.78 is 5.20. The average molecular weight is 301 g/mol. The normalized spacial score (nSPS) is 10.3. The Labute approximate surface area is 128 Å². The molecule has 0 fully saturated rings. The summed E-state index contributed by atoms with van der Waals surface area (Å²) >= 11 is 5.93. The first-order chi connectivity index (χ1) is 10.2. The van der Waals surface area contributed by atoms with E-state index in [0.29, 0.717) is 16.3 Å². The van der Waals surface area contributed by atoms with Crippen molar-refractivity contribution in [3.05, 3.63) is 64.2 Å². The molecule has 0 saturated heterocycles. The second-order valence-corrected chi connectivity index (χ2v) is 4.60. The van der Waals surface area contributed by atoms with Crippen molar-refractivity contribution >= 4 is 17.8 Å². The van der Waals surface area contributed by atoms with Gasteiger partial charge in [0.1, 0.15) is 12.4 Å². The van der Waals surface area contributed by atoms with Gasteiger partial charge >= 0.3 is 0 Å². The third-order valence-electron chi connectivity index (χ3n) is 2.82. The molecule has 0 saturated carbocycles. The van der Waals surface area contributed by atoms with E-state index >= 15 is 0 Å². The van der Waals surface area contributed by atoms with E-state index in [-0.39, 0.29) is 6.61 Å². The maximum Gasteiger partial charge on any atom is 0.143 e. The van der Waals surface area contributed by atoms with Crippen LogP contribution in [-0.4, -0.2) is 13.3 Å². The van der Waals surface area contributed by atoms with Crippen LogP contribution in [0.15, 0.2) is 47.6 Å². The number of ether oxygens (including phenoxy) is 1. The van der Waals surface area contributed by atoms with E-state index < -0.39 is 0 Å². The summed E-state index contributed by atoms with van der Waals surface area (Å²) in [5.74, 6) is 0.657. The minimum Gasteiger partial charge on any atom is -0.496 e. The highest BCUT2D eigenvalue weighted by atomic mass is 35.5. The number of oxime groups is 1. The Hall–Kier alpha value is -2.51. The van der Waals surface area contributed by atoms with Gasteiger partial charge in [-0.15, -0.1) is 0 Å². The third-order valence-corrected chi connectivity index (χ3v) is 3.05. The van der Waals surface area contributed by atoms with Crippen LogP contribution < -0.4 is 4.74 Å². The maximum absolute atomic E-state index is 8.98. The summed E-state index contributed by atoms with van der Waals surface area (Å²) in [5.41, 5.74) is 2.09. The number of hydrogen-bond donors (Lipinski definition) is 0. The lowest BCUT2D eigenvalue weighted by atomic mass is 10.1. The van der Waals surface area contributed by atoms with Crippen molar-refractivity contribution in [2.24, 2.45) is 5.16 Å². The van der Waals surface area contributed by atoms with Gasteiger partial charge in [-0.3, -0.25) is 0 Å². The molecule has 0 bridgehead atoms. The fraction of sp³-hybridized carbons (Fsp3) is 0.125. The SMILES string of the molecule is COc1ccc(Cl)cc1/C=N\OCc1ccccc1C#N. The van der Waals surface area contributed by atoms with Crippen LogP contribution in [0, 0.1) is 11.3 Å².